The van der Waals surface area contributed by atoms with E-state index in [4.69, 9.17) is 5.73 Å². The number of nitrogens with zero attached hydrogens (tertiary/aromatic N) is 1. The highest BCUT2D eigenvalue weighted by Crippen LogP contribution is 2.34. The summed E-state index contributed by atoms with van der Waals surface area (Å²) in [5.41, 5.74) is 7.23. The molecule has 0 aromatic heterocycles. The second kappa shape index (κ2) is 6.58. The van der Waals surface area contributed by atoms with Crippen LogP contribution in [0.4, 0.5) is 10.5 Å². The Kier molecular flexibility index (Phi) is 4.80. The van der Waals surface area contributed by atoms with E-state index in [2.05, 4.69) is 23.6 Å². The third kappa shape index (κ3) is 3.33. The predicted molar refractivity (Wildman–Crippen MR) is 82.0 cm³/mol. The first kappa shape index (κ1) is 15.3. The second-order valence-electron chi connectivity index (χ2n) is 5.18. The zero-order chi connectivity index (χ0) is 15.4. The number of para-hydroxylation sites is 1. The van der Waals surface area contributed by atoms with E-state index < -0.39 is 12.1 Å². The third-order valence-corrected chi connectivity index (χ3v) is 3.82. The molecule has 4 N–H and O–H groups in total. The summed E-state index contributed by atoms with van der Waals surface area (Å²) in [6.45, 7) is 5.51. The summed E-state index contributed by atoms with van der Waals surface area (Å²) in [5.74, 6) is -0.376. The van der Waals surface area contributed by atoms with Gasteiger partial charge in [-0.15, -0.1) is 0 Å². The zero-order valence-electron chi connectivity index (χ0n) is 12.4. The maximum Gasteiger partial charge on any atom is 0.318 e. The van der Waals surface area contributed by atoms with E-state index in [-0.39, 0.29) is 5.91 Å². The Labute approximate surface area is 124 Å². The van der Waals surface area contributed by atoms with Gasteiger partial charge in [0, 0.05) is 18.3 Å². The number of anilines is 1. The average Bonchev–Trinajstić information content (AvgIpc) is 2.46. The maximum atomic E-state index is 12.0. The summed E-state index contributed by atoms with van der Waals surface area (Å²) in [4.78, 5) is 24.9. The Morgan fingerprint density at radius 1 is 1.43 bits per heavy atom. The first-order chi connectivity index (χ1) is 10.0. The van der Waals surface area contributed by atoms with Gasteiger partial charge in [0.1, 0.15) is 6.04 Å². The lowest BCUT2D eigenvalue weighted by atomic mass is 9.95. The molecule has 2 unspecified atom stereocenters. The largest absolute Gasteiger partial charge is 0.359 e. The number of primary amides is 1. The minimum Gasteiger partial charge on any atom is -0.359 e. The molecule has 2 rings (SSSR count). The highest BCUT2D eigenvalue weighted by atomic mass is 16.2. The van der Waals surface area contributed by atoms with Crippen molar-refractivity contribution in [3.63, 3.8) is 0 Å². The number of benzene rings is 1. The number of hydrogen-bond acceptors (Lipinski definition) is 4. The van der Waals surface area contributed by atoms with Crippen molar-refractivity contribution >= 4 is 17.6 Å². The number of fused-ring (bicyclic) bond motifs is 1. The minimum absolute atomic E-state index is 0.300. The standard InChI is InChI=1S/C15H22N4O2/c1-3-17-12-8-9-19(10(2)14(20)18-15(16)21)13-7-5-4-6-11(12)13/h4-7,10,12,17H,3,8-9H2,1-2H3,(H3,16,18,20,21). The van der Waals surface area contributed by atoms with E-state index in [9.17, 15) is 9.59 Å². The fourth-order valence-electron chi connectivity index (χ4n) is 2.82. The van der Waals surface area contributed by atoms with Crippen LogP contribution in [0.25, 0.3) is 0 Å². The molecule has 0 fully saturated rings. The molecule has 1 aliphatic heterocycles. The molecule has 0 aliphatic carbocycles. The number of hydrogen-bond donors (Lipinski definition) is 3. The van der Waals surface area contributed by atoms with Crippen molar-refractivity contribution in [3.8, 4) is 0 Å². The van der Waals surface area contributed by atoms with Gasteiger partial charge < -0.3 is 16.0 Å². The van der Waals surface area contributed by atoms with Gasteiger partial charge in [-0.05, 0) is 31.5 Å². The van der Waals surface area contributed by atoms with Crippen molar-refractivity contribution in [2.75, 3.05) is 18.0 Å². The summed E-state index contributed by atoms with van der Waals surface area (Å²) in [6, 6.07) is 7.08. The van der Waals surface area contributed by atoms with E-state index in [1.807, 2.05) is 23.1 Å². The molecule has 2 atom stereocenters. The molecule has 1 aromatic rings. The topological polar surface area (TPSA) is 87.5 Å². The minimum atomic E-state index is -0.817. The van der Waals surface area contributed by atoms with Gasteiger partial charge in [-0.1, -0.05) is 25.1 Å². The molecular weight excluding hydrogens is 268 g/mol. The highest BCUT2D eigenvalue weighted by Gasteiger charge is 2.30. The molecule has 0 spiro atoms. The Morgan fingerprint density at radius 2 is 2.14 bits per heavy atom. The summed E-state index contributed by atoms with van der Waals surface area (Å²) >= 11 is 0. The molecule has 21 heavy (non-hydrogen) atoms. The van der Waals surface area contributed by atoms with Crippen molar-refractivity contribution in [2.24, 2.45) is 5.73 Å². The molecular formula is C15H22N4O2. The normalized spacial score (nSPS) is 18.8. The number of nitrogens with two attached hydrogens (primary N) is 1. The molecule has 3 amide bonds. The van der Waals surface area contributed by atoms with Gasteiger partial charge in [-0.3, -0.25) is 10.1 Å². The highest BCUT2D eigenvalue weighted by molar-refractivity contribution is 5.97. The summed E-state index contributed by atoms with van der Waals surface area (Å²) in [6.07, 6.45) is 0.916. The molecule has 6 heteroatoms. The van der Waals surface area contributed by atoms with E-state index >= 15 is 0 Å². The van der Waals surface area contributed by atoms with Gasteiger partial charge in [0.15, 0.2) is 0 Å². The van der Waals surface area contributed by atoms with Crippen molar-refractivity contribution in [2.45, 2.75) is 32.4 Å². The van der Waals surface area contributed by atoms with Gasteiger partial charge in [0.05, 0.1) is 0 Å². The lowest BCUT2D eigenvalue weighted by Crippen LogP contribution is -2.50. The molecule has 1 heterocycles. The van der Waals surface area contributed by atoms with Crippen molar-refractivity contribution in [1.29, 1.82) is 0 Å². The molecule has 1 aromatic carbocycles. The van der Waals surface area contributed by atoms with Crippen LogP contribution in [-0.4, -0.2) is 31.1 Å². The van der Waals surface area contributed by atoms with Gasteiger partial charge in [-0.2, -0.15) is 0 Å². The van der Waals surface area contributed by atoms with Crippen LogP contribution >= 0.6 is 0 Å². The summed E-state index contributed by atoms with van der Waals surface area (Å²) in [7, 11) is 0. The van der Waals surface area contributed by atoms with Crippen molar-refractivity contribution < 1.29 is 9.59 Å². The summed E-state index contributed by atoms with van der Waals surface area (Å²) < 4.78 is 0. The van der Waals surface area contributed by atoms with Crippen LogP contribution in [0.3, 0.4) is 0 Å². The quantitative estimate of drug-likeness (QED) is 0.775. The summed E-state index contributed by atoms with van der Waals surface area (Å²) in [5, 5.41) is 5.61. The Morgan fingerprint density at radius 3 is 2.81 bits per heavy atom. The zero-order valence-corrected chi connectivity index (χ0v) is 12.4. The smallest absolute Gasteiger partial charge is 0.318 e. The van der Waals surface area contributed by atoms with Gasteiger partial charge in [0.2, 0.25) is 5.91 Å². The van der Waals surface area contributed by atoms with E-state index in [0.717, 1.165) is 25.2 Å². The Hall–Kier alpha value is -2.08. The molecule has 0 saturated carbocycles. The number of nitrogens with one attached hydrogen (secondary N) is 2. The number of carbonyl (C=O) groups excluding carboxylic acids is 2. The fourth-order valence-corrected chi connectivity index (χ4v) is 2.82. The maximum absolute atomic E-state index is 12.0. The molecule has 1 aliphatic rings. The van der Waals surface area contributed by atoms with E-state index in [0.29, 0.717) is 6.04 Å². The fraction of sp³-hybridized carbons (Fsp3) is 0.467. The molecule has 0 saturated heterocycles. The van der Waals surface area contributed by atoms with Crippen LogP contribution < -0.4 is 21.3 Å². The van der Waals surface area contributed by atoms with E-state index in [1.165, 1.54) is 5.56 Å². The SMILES string of the molecule is CCNC1CCN(C(C)C(=O)NC(N)=O)c2ccccc21. The lowest BCUT2D eigenvalue weighted by Gasteiger charge is -2.38. The van der Waals surface area contributed by atoms with Crippen LogP contribution in [0.5, 0.6) is 0 Å². The van der Waals surface area contributed by atoms with Crippen LogP contribution in [0, 0.1) is 0 Å². The van der Waals surface area contributed by atoms with Crippen molar-refractivity contribution in [1.82, 2.24) is 10.6 Å². The average molecular weight is 290 g/mol. The number of amides is 3. The number of urea groups is 1. The van der Waals surface area contributed by atoms with Crippen LogP contribution in [0.1, 0.15) is 31.9 Å². The first-order valence-electron chi connectivity index (χ1n) is 7.23. The Bertz CT molecular complexity index is 532. The number of carbonyl (C=O) groups is 2. The second-order valence-corrected chi connectivity index (χ2v) is 5.18. The van der Waals surface area contributed by atoms with Gasteiger partial charge >= 0.3 is 6.03 Å². The van der Waals surface area contributed by atoms with E-state index in [1.54, 1.807) is 6.92 Å². The van der Waals surface area contributed by atoms with Crippen LogP contribution in [-0.2, 0) is 4.79 Å². The monoisotopic (exact) mass is 290 g/mol. The van der Waals surface area contributed by atoms with Crippen molar-refractivity contribution in [3.05, 3.63) is 29.8 Å². The van der Waals surface area contributed by atoms with Gasteiger partial charge in [0.25, 0.3) is 0 Å². The molecule has 0 radical (unpaired) electrons. The Balaban J connectivity index is 2.24. The van der Waals surface area contributed by atoms with Crippen LogP contribution in [0.2, 0.25) is 0 Å². The molecule has 0 bridgehead atoms. The van der Waals surface area contributed by atoms with Gasteiger partial charge in [-0.25, -0.2) is 4.79 Å². The third-order valence-electron chi connectivity index (χ3n) is 3.82. The molecule has 114 valence electrons. The first-order valence-corrected chi connectivity index (χ1v) is 7.23. The number of rotatable bonds is 4. The predicted octanol–water partition coefficient (Wildman–Crippen LogP) is 1.13. The number of imide groups is 1. The molecule has 6 nitrogen and oxygen atoms in total. The van der Waals surface area contributed by atoms with Crippen LogP contribution in [0.15, 0.2) is 24.3 Å². The lowest BCUT2D eigenvalue weighted by molar-refractivity contribution is -0.120.